The molecule has 3 aromatic rings. The molecule has 1 fully saturated rings. The first kappa shape index (κ1) is 11.4. The third-order valence-corrected chi connectivity index (χ3v) is 3.87. The summed E-state index contributed by atoms with van der Waals surface area (Å²) in [5, 5.41) is 0. The average Bonchev–Trinajstić information content (AvgIpc) is 3.16. The van der Waals surface area contributed by atoms with Crippen LogP contribution in [0.25, 0.3) is 5.65 Å². The molecule has 5 nitrogen and oxygen atoms in total. The molecule has 0 aliphatic carbocycles. The van der Waals surface area contributed by atoms with Crippen molar-refractivity contribution in [2.45, 2.75) is 18.9 Å². The van der Waals surface area contributed by atoms with Crippen LogP contribution in [0.3, 0.4) is 0 Å². The molecule has 0 aromatic carbocycles. The molecule has 0 amide bonds. The summed E-state index contributed by atoms with van der Waals surface area (Å²) < 4.78 is 2.03. The molecule has 5 heteroatoms. The van der Waals surface area contributed by atoms with Crippen molar-refractivity contribution in [1.82, 2.24) is 19.4 Å². The highest BCUT2D eigenvalue weighted by atomic mass is 15.3. The summed E-state index contributed by atoms with van der Waals surface area (Å²) >= 11 is 0. The summed E-state index contributed by atoms with van der Waals surface area (Å²) in [4.78, 5) is 15.4. The van der Waals surface area contributed by atoms with Gasteiger partial charge in [-0.05, 0) is 36.6 Å². The third kappa shape index (κ3) is 1.82. The van der Waals surface area contributed by atoms with E-state index < -0.39 is 0 Å². The van der Waals surface area contributed by atoms with Crippen LogP contribution in [-0.2, 0) is 0 Å². The standard InChI is InChI=1S/C15H15N5/c1-3-13(20(8-1)15-17-5-2-6-18-15)12-4-9-19-10-7-16-14(19)11-12/h2,4-7,9-11,13H,1,3,8H2. The van der Waals surface area contributed by atoms with Crippen LogP contribution in [0.1, 0.15) is 24.4 Å². The number of rotatable bonds is 2. The maximum Gasteiger partial charge on any atom is 0.225 e. The van der Waals surface area contributed by atoms with E-state index in [0.29, 0.717) is 6.04 Å². The maximum absolute atomic E-state index is 4.38. The van der Waals surface area contributed by atoms with Gasteiger partial charge in [-0.3, -0.25) is 0 Å². The Morgan fingerprint density at radius 1 is 1.05 bits per heavy atom. The van der Waals surface area contributed by atoms with Gasteiger partial charge in [0.15, 0.2) is 0 Å². The van der Waals surface area contributed by atoms with Crippen LogP contribution >= 0.6 is 0 Å². The Labute approximate surface area is 116 Å². The Balaban J connectivity index is 1.72. The molecule has 100 valence electrons. The first-order chi connectivity index (χ1) is 9.92. The summed E-state index contributed by atoms with van der Waals surface area (Å²) in [5.41, 5.74) is 2.27. The predicted molar refractivity (Wildman–Crippen MR) is 76.5 cm³/mol. The van der Waals surface area contributed by atoms with Crippen LogP contribution in [0, 0.1) is 0 Å². The number of hydrogen-bond donors (Lipinski definition) is 0. The zero-order valence-electron chi connectivity index (χ0n) is 11.1. The first-order valence-corrected chi connectivity index (χ1v) is 6.88. The zero-order valence-corrected chi connectivity index (χ0v) is 11.1. The number of aromatic nitrogens is 4. The topological polar surface area (TPSA) is 46.3 Å². The summed E-state index contributed by atoms with van der Waals surface area (Å²) in [5.74, 6) is 0.818. The van der Waals surface area contributed by atoms with E-state index in [0.717, 1.165) is 24.6 Å². The second-order valence-electron chi connectivity index (χ2n) is 5.05. The van der Waals surface area contributed by atoms with Gasteiger partial charge in [-0.15, -0.1) is 0 Å². The molecule has 1 unspecified atom stereocenters. The van der Waals surface area contributed by atoms with E-state index in [1.54, 1.807) is 12.4 Å². The summed E-state index contributed by atoms with van der Waals surface area (Å²) in [7, 11) is 0. The lowest BCUT2D eigenvalue weighted by Gasteiger charge is -2.24. The fourth-order valence-corrected chi connectivity index (χ4v) is 2.93. The van der Waals surface area contributed by atoms with Gasteiger partial charge in [-0.1, -0.05) is 0 Å². The SMILES string of the molecule is c1cnc(N2CCCC2c2ccn3ccnc3c2)nc1. The van der Waals surface area contributed by atoms with E-state index in [1.165, 1.54) is 12.0 Å². The highest BCUT2D eigenvalue weighted by Gasteiger charge is 2.28. The van der Waals surface area contributed by atoms with E-state index in [4.69, 9.17) is 0 Å². The predicted octanol–water partition coefficient (Wildman–Crippen LogP) is 2.47. The van der Waals surface area contributed by atoms with Crippen LogP contribution < -0.4 is 4.90 Å². The Kier molecular flexibility index (Phi) is 2.62. The molecule has 0 spiro atoms. The zero-order chi connectivity index (χ0) is 13.4. The van der Waals surface area contributed by atoms with Crippen molar-refractivity contribution < 1.29 is 0 Å². The van der Waals surface area contributed by atoms with Crippen LogP contribution in [0.4, 0.5) is 5.95 Å². The third-order valence-electron chi connectivity index (χ3n) is 3.87. The quantitative estimate of drug-likeness (QED) is 0.714. The minimum absolute atomic E-state index is 0.346. The average molecular weight is 265 g/mol. The number of pyridine rings is 1. The molecule has 1 saturated heterocycles. The number of anilines is 1. The van der Waals surface area contributed by atoms with E-state index >= 15 is 0 Å². The molecule has 1 aliphatic heterocycles. The van der Waals surface area contributed by atoms with Gasteiger partial charge in [0.25, 0.3) is 0 Å². The lowest BCUT2D eigenvalue weighted by atomic mass is 10.1. The molecule has 1 aliphatic rings. The van der Waals surface area contributed by atoms with Crippen LogP contribution in [-0.4, -0.2) is 25.9 Å². The van der Waals surface area contributed by atoms with E-state index in [9.17, 15) is 0 Å². The maximum atomic E-state index is 4.38. The molecular formula is C15H15N5. The van der Waals surface area contributed by atoms with Crippen molar-refractivity contribution in [3.8, 4) is 0 Å². The van der Waals surface area contributed by atoms with Gasteiger partial charge in [0.1, 0.15) is 5.65 Å². The van der Waals surface area contributed by atoms with Gasteiger partial charge < -0.3 is 9.30 Å². The monoisotopic (exact) mass is 265 g/mol. The Morgan fingerprint density at radius 3 is 2.85 bits per heavy atom. The molecule has 1 atom stereocenters. The molecule has 0 N–H and O–H groups in total. The summed E-state index contributed by atoms with van der Waals surface area (Å²) in [6.45, 7) is 1.01. The number of fused-ring (bicyclic) bond motifs is 1. The second-order valence-corrected chi connectivity index (χ2v) is 5.05. The van der Waals surface area contributed by atoms with Gasteiger partial charge in [-0.25, -0.2) is 15.0 Å². The highest BCUT2D eigenvalue weighted by molar-refractivity contribution is 5.46. The molecule has 4 heterocycles. The van der Waals surface area contributed by atoms with Crippen molar-refractivity contribution in [1.29, 1.82) is 0 Å². The van der Waals surface area contributed by atoms with Crippen LogP contribution in [0.15, 0.2) is 49.2 Å². The van der Waals surface area contributed by atoms with Gasteiger partial charge >= 0.3 is 0 Å². The minimum Gasteiger partial charge on any atom is -0.334 e. The number of nitrogens with zero attached hydrogens (tertiary/aromatic N) is 5. The van der Waals surface area contributed by atoms with Crippen LogP contribution in [0.5, 0.6) is 0 Å². The molecule has 3 aromatic heterocycles. The van der Waals surface area contributed by atoms with Crippen molar-refractivity contribution in [3.05, 3.63) is 54.7 Å². The Hall–Kier alpha value is -2.43. The summed E-state index contributed by atoms with van der Waals surface area (Å²) in [6, 6.07) is 6.52. The Bertz CT molecular complexity index is 721. The summed E-state index contributed by atoms with van der Waals surface area (Å²) in [6.07, 6.45) is 11.8. The van der Waals surface area contributed by atoms with E-state index in [1.807, 2.05) is 22.9 Å². The van der Waals surface area contributed by atoms with E-state index in [2.05, 4.69) is 38.2 Å². The number of imidazole rings is 1. The van der Waals surface area contributed by atoms with Crippen molar-refractivity contribution >= 4 is 11.6 Å². The van der Waals surface area contributed by atoms with Gasteiger partial charge in [0.05, 0.1) is 6.04 Å². The minimum atomic E-state index is 0.346. The Morgan fingerprint density at radius 2 is 1.95 bits per heavy atom. The first-order valence-electron chi connectivity index (χ1n) is 6.88. The fourth-order valence-electron chi connectivity index (χ4n) is 2.93. The second kappa shape index (κ2) is 4.59. The van der Waals surface area contributed by atoms with E-state index in [-0.39, 0.29) is 0 Å². The molecule has 0 saturated carbocycles. The van der Waals surface area contributed by atoms with Crippen LogP contribution in [0.2, 0.25) is 0 Å². The highest BCUT2D eigenvalue weighted by Crippen LogP contribution is 2.34. The molecular weight excluding hydrogens is 250 g/mol. The fraction of sp³-hybridized carbons (Fsp3) is 0.267. The van der Waals surface area contributed by atoms with Crippen molar-refractivity contribution in [2.75, 3.05) is 11.4 Å². The smallest absolute Gasteiger partial charge is 0.225 e. The largest absolute Gasteiger partial charge is 0.334 e. The normalized spacial score (nSPS) is 18.8. The van der Waals surface area contributed by atoms with Crippen molar-refractivity contribution in [2.24, 2.45) is 0 Å². The lowest BCUT2D eigenvalue weighted by Crippen LogP contribution is -2.24. The molecule has 0 bridgehead atoms. The molecule has 0 radical (unpaired) electrons. The van der Waals surface area contributed by atoms with Gasteiger partial charge in [0, 0.05) is 37.5 Å². The van der Waals surface area contributed by atoms with Gasteiger partial charge in [-0.2, -0.15) is 0 Å². The van der Waals surface area contributed by atoms with Crippen molar-refractivity contribution in [3.63, 3.8) is 0 Å². The van der Waals surface area contributed by atoms with Gasteiger partial charge in [0.2, 0.25) is 5.95 Å². The molecule has 20 heavy (non-hydrogen) atoms. The molecule has 4 rings (SSSR count). The lowest BCUT2D eigenvalue weighted by molar-refractivity contribution is 0.701. The number of hydrogen-bond acceptors (Lipinski definition) is 4.